The van der Waals surface area contributed by atoms with E-state index in [0.717, 1.165) is 37.3 Å². The van der Waals surface area contributed by atoms with Crippen LogP contribution in [0.25, 0.3) is 0 Å². The van der Waals surface area contributed by atoms with Gasteiger partial charge in [-0.1, -0.05) is 18.2 Å². The van der Waals surface area contributed by atoms with Crippen LogP contribution in [-0.4, -0.2) is 35.2 Å². The van der Waals surface area contributed by atoms with E-state index in [1.54, 1.807) is 12.1 Å². The summed E-state index contributed by atoms with van der Waals surface area (Å²) in [5.41, 5.74) is 0.537. The summed E-state index contributed by atoms with van der Waals surface area (Å²) in [7, 11) is 0. The Morgan fingerprint density at radius 1 is 1.04 bits per heavy atom. The lowest BCUT2D eigenvalue weighted by atomic mass is 10.0. The van der Waals surface area contributed by atoms with Gasteiger partial charge in [0.25, 0.3) is 11.6 Å². The van der Waals surface area contributed by atoms with Gasteiger partial charge in [-0.2, -0.15) is 8.78 Å². The summed E-state index contributed by atoms with van der Waals surface area (Å²) in [6.07, 6.45) is 3.01. The highest BCUT2D eigenvalue weighted by Crippen LogP contribution is 2.36. The summed E-state index contributed by atoms with van der Waals surface area (Å²) in [5, 5.41) is 11.5. The maximum atomic E-state index is 12.4. The summed E-state index contributed by atoms with van der Waals surface area (Å²) >= 11 is 0. The third-order valence-corrected chi connectivity index (χ3v) is 5.09. The number of hydrogen-bond acceptors (Lipinski definition) is 3. The number of amidine groups is 1. The third-order valence-electron chi connectivity index (χ3n) is 5.09. The molecule has 2 aromatic carbocycles. The van der Waals surface area contributed by atoms with Crippen molar-refractivity contribution >= 4 is 11.5 Å². The first-order valence-electron chi connectivity index (χ1n) is 8.82. The molecular formula is C20H21F2N2O2+. The average molecular weight is 359 g/mol. The quantitative estimate of drug-likeness (QED) is 0.848. The van der Waals surface area contributed by atoms with Crippen LogP contribution in [0, 0.1) is 0 Å². The van der Waals surface area contributed by atoms with Gasteiger partial charge < -0.3 is 9.84 Å². The Morgan fingerprint density at radius 2 is 1.77 bits per heavy atom. The number of aliphatic hydroxyl groups is 1. The molecule has 136 valence electrons. The van der Waals surface area contributed by atoms with Crippen LogP contribution >= 0.6 is 0 Å². The molecule has 2 aliphatic heterocycles. The summed E-state index contributed by atoms with van der Waals surface area (Å²) in [6, 6.07) is 16.3. The van der Waals surface area contributed by atoms with Gasteiger partial charge in [-0.15, -0.1) is 0 Å². The highest BCUT2D eigenvalue weighted by molar-refractivity contribution is 5.96. The van der Waals surface area contributed by atoms with Gasteiger partial charge in [-0.05, 0) is 49.2 Å². The number of rotatable bonds is 4. The fourth-order valence-corrected chi connectivity index (χ4v) is 3.89. The van der Waals surface area contributed by atoms with Crippen LogP contribution in [-0.2, 0) is 5.72 Å². The van der Waals surface area contributed by atoms with Crippen molar-refractivity contribution in [2.75, 3.05) is 18.0 Å². The molecule has 0 bridgehead atoms. The fourth-order valence-electron chi connectivity index (χ4n) is 3.89. The Kier molecular flexibility index (Phi) is 4.36. The van der Waals surface area contributed by atoms with Gasteiger partial charge in [0.05, 0.1) is 6.54 Å². The molecule has 2 heterocycles. The number of halogens is 2. The minimum atomic E-state index is -2.86. The molecule has 0 amide bonds. The zero-order valence-corrected chi connectivity index (χ0v) is 14.3. The molecule has 2 aliphatic rings. The fraction of sp³-hybridized carbons (Fsp3) is 0.350. The number of alkyl halides is 2. The predicted molar refractivity (Wildman–Crippen MR) is 94.7 cm³/mol. The van der Waals surface area contributed by atoms with Gasteiger partial charge in [0.1, 0.15) is 11.4 Å². The maximum Gasteiger partial charge on any atom is 0.387 e. The highest BCUT2D eigenvalue weighted by Gasteiger charge is 2.52. The zero-order chi connectivity index (χ0) is 18.1. The lowest BCUT2D eigenvalue weighted by Gasteiger charge is -2.24. The van der Waals surface area contributed by atoms with Gasteiger partial charge in [0, 0.05) is 12.0 Å². The van der Waals surface area contributed by atoms with E-state index in [9.17, 15) is 13.9 Å². The van der Waals surface area contributed by atoms with Crippen LogP contribution in [0.15, 0.2) is 54.6 Å². The Hall–Kier alpha value is -2.47. The first-order valence-corrected chi connectivity index (χ1v) is 8.82. The summed E-state index contributed by atoms with van der Waals surface area (Å²) < 4.78 is 31.2. The molecule has 1 N–H and O–H groups in total. The van der Waals surface area contributed by atoms with E-state index < -0.39 is 12.3 Å². The standard InChI is InChI=1S/C20H21F2N2O2/c21-19(22)26-17-11-9-15(10-12-17)20(25)14-23(16-6-2-1-3-7-16)18-8-4-5-13-24(18)20/h1-3,6-7,9-12,19,25H,4-5,8,13-14H2/q+1/t20-/m0/s1. The third kappa shape index (κ3) is 2.94. The molecule has 0 aromatic heterocycles. The van der Waals surface area contributed by atoms with E-state index >= 15 is 0 Å². The first kappa shape index (κ1) is 17.0. The van der Waals surface area contributed by atoms with Crippen molar-refractivity contribution in [2.45, 2.75) is 31.6 Å². The van der Waals surface area contributed by atoms with E-state index in [1.165, 1.54) is 12.1 Å². The minimum absolute atomic E-state index is 0.0908. The molecule has 4 rings (SSSR count). The average Bonchev–Trinajstić information content (AvgIpc) is 2.97. The molecule has 26 heavy (non-hydrogen) atoms. The Bertz CT molecular complexity index is 808. The van der Waals surface area contributed by atoms with E-state index in [-0.39, 0.29) is 5.75 Å². The number of benzene rings is 2. The van der Waals surface area contributed by atoms with Crippen LogP contribution in [0.2, 0.25) is 0 Å². The first-order chi connectivity index (χ1) is 12.6. The van der Waals surface area contributed by atoms with Crippen molar-refractivity contribution in [3.8, 4) is 5.75 Å². The molecule has 0 saturated heterocycles. The molecule has 0 spiro atoms. The molecule has 0 unspecified atom stereocenters. The monoisotopic (exact) mass is 359 g/mol. The predicted octanol–water partition coefficient (Wildman–Crippen LogP) is 3.55. The number of para-hydroxylation sites is 1. The maximum absolute atomic E-state index is 12.4. The molecule has 2 aromatic rings. The molecular weight excluding hydrogens is 338 g/mol. The van der Waals surface area contributed by atoms with Crippen LogP contribution in [0.3, 0.4) is 0 Å². The number of hydrogen-bond donors (Lipinski definition) is 1. The van der Waals surface area contributed by atoms with E-state index in [0.29, 0.717) is 12.1 Å². The van der Waals surface area contributed by atoms with Crippen LogP contribution < -0.4 is 9.64 Å². The smallest absolute Gasteiger partial charge is 0.387 e. The summed E-state index contributed by atoms with van der Waals surface area (Å²) in [6.45, 7) is -1.68. The molecule has 4 nitrogen and oxygen atoms in total. The van der Waals surface area contributed by atoms with Gasteiger partial charge in [0.2, 0.25) is 0 Å². The number of anilines is 1. The van der Waals surface area contributed by atoms with Crippen LogP contribution in [0.1, 0.15) is 24.8 Å². The number of nitrogens with zero attached hydrogens (tertiary/aromatic N) is 2. The highest BCUT2D eigenvalue weighted by atomic mass is 19.3. The Morgan fingerprint density at radius 3 is 2.46 bits per heavy atom. The zero-order valence-electron chi connectivity index (χ0n) is 14.3. The van der Waals surface area contributed by atoms with Gasteiger partial charge >= 0.3 is 6.61 Å². The minimum Gasteiger partial charge on any atom is -0.435 e. The van der Waals surface area contributed by atoms with E-state index in [1.807, 2.05) is 34.9 Å². The van der Waals surface area contributed by atoms with Gasteiger partial charge in [-0.3, -0.25) is 0 Å². The lowest BCUT2D eigenvalue weighted by molar-refractivity contribution is -0.661. The van der Waals surface area contributed by atoms with E-state index in [2.05, 4.69) is 9.64 Å². The van der Waals surface area contributed by atoms with Crippen molar-refractivity contribution < 1.29 is 23.2 Å². The second kappa shape index (κ2) is 6.68. The summed E-state index contributed by atoms with van der Waals surface area (Å²) in [4.78, 5) is 2.16. The summed E-state index contributed by atoms with van der Waals surface area (Å²) in [5.74, 6) is 1.20. The van der Waals surface area contributed by atoms with Crippen LogP contribution in [0.5, 0.6) is 5.75 Å². The second-order valence-corrected chi connectivity index (χ2v) is 6.67. The van der Waals surface area contributed by atoms with Crippen molar-refractivity contribution in [1.29, 1.82) is 0 Å². The number of ether oxygens (including phenoxy) is 1. The van der Waals surface area contributed by atoms with Crippen molar-refractivity contribution in [1.82, 2.24) is 0 Å². The molecule has 1 atom stereocenters. The van der Waals surface area contributed by atoms with Crippen molar-refractivity contribution in [3.05, 3.63) is 60.2 Å². The molecule has 6 heteroatoms. The van der Waals surface area contributed by atoms with Gasteiger partial charge in [-0.25, -0.2) is 9.48 Å². The molecule has 0 saturated carbocycles. The number of β-amino-alcohol motifs (C(OH)–C–C–N with tert-alkyl or cyclic N) is 1. The Labute approximate surface area is 151 Å². The SMILES string of the molecule is O[C@]1(c2ccc(OC(F)F)cc2)CN(c2ccccc2)C2=[N+]1CCCC2. The second-order valence-electron chi connectivity index (χ2n) is 6.67. The molecule has 0 aliphatic carbocycles. The normalized spacial score (nSPS) is 22.7. The van der Waals surface area contributed by atoms with Crippen LogP contribution in [0.4, 0.5) is 14.5 Å². The van der Waals surface area contributed by atoms with E-state index in [4.69, 9.17) is 0 Å². The Balaban J connectivity index is 1.70. The topological polar surface area (TPSA) is 35.7 Å². The van der Waals surface area contributed by atoms with Gasteiger partial charge in [0.15, 0.2) is 6.54 Å². The lowest BCUT2D eigenvalue weighted by Crippen LogP contribution is -2.41. The van der Waals surface area contributed by atoms with Crippen molar-refractivity contribution in [2.24, 2.45) is 0 Å². The molecule has 0 fully saturated rings. The largest absolute Gasteiger partial charge is 0.435 e. The van der Waals surface area contributed by atoms with Crippen molar-refractivity contribution in [3.63, 3.8) is 0 Å². The molecule has 0 radical (unpaired) electrons.